The first-order chi connectivity index (χ1) is 12.9. The molecule has 0 atom stereocenters. The Morgan fingerprint density at radius 2 is 1.75 bits per heavy atom. The number of H-pyrrole nitrogens is 1. The number of nitrogens with one attached hydrogen (secondary N) is 2. The van der Waals surface area contributed by atoms with Crippen LogP contribution in [0.15, 0.2) is 79.3 Å². The van der Waals surface area contributed by atoms with E-state index in [0.29, 0.717) is 6.61 Å². The van der Waals surface area contributed by atoms with Crippen LogP contribution in [0.1, 0.15) is 5.56 Å². The van der Waals surface area contributed by atoms with Gasteiger partial charge in [-0.1, -0.05) is 36.4 Å². The van der Waals surface area contributed by atoms with Crippen LogP contribution in [0.4, 0.5) is 0 Å². The van der Waals surface area contributed by atoms with Crippen LogP contribution < -0.4 is 10.1 Å². The first-order valence-electron chi connectivity index (χ1n) is 8.79. The fourth-order valence-electron chi connectivity index (χ4n) is 3.02. The van der Waals surface area contributed by atoms with Gasteiger partial charge in [-0.3, -0.25) is 4.98 Å². The Hall–Kier alpha value is -2.53. The van der Waals surface area contributed by atoms with Crippen molar-refractivity contribution in [3.63, 3.8) is 0 Å². The summed E-state index contributed by atoms with van der Waals surface area (Å²) < 4.78 is 5.91. The topological polar surface area (TPSA) is 49.9 Å². The normalized spacial score (nSPS) is 10.1. The molecule has 0 aliphatic carbocycles. The molecule has 0 spiro atoms. The molecule has 2 N–H and O–H groups in total. The Kier molecular flexibility index (Phi) is 8.33. The summed E-state index contributed by atoms with van der Waals surface area (Å²) >= 11 is 0. The van der Waals surface area contributed by atoms with Gasteiger partial charge in [0.1, 0.15) is 12.4 Å². The number of pyridine rings is 1. The van der Waals surface area contributed by atoms with E-state index in [1.54, 1.807) is 0 Å². The van der Waals surface area contributed by atoms with Crippen LogP contribution in [0, 0.1) is 0 Å². The van der Waals surface area contributed by atoms with Gasteiger partial charge in [0.15, 0.2) is 0 Å². The maximum absolute atomic E-state index is 5.91. The van der Waals surface area contributed by atoms with Gasteiger partial charge in [-0.2, -0.15) is 0 Å². The average Bonchev–Trinajstić information content (AvgIpc) is 3.18. The summed E-state index contributed by atoms with van der Waals surface area (Å²) in [5, 5.41) is 4.54. The van der Waals surface area contributed by atoms with Crippen LogP contribution in [0.5, 0.6) is 5.75 Å². The molecule has 0 amide bonds. The Labute approximate surface area is 177 Å². The molecule has 0 bridgehead atoms. The Morgan fingerprint density at radius 3 is 2.61 bits per heavy atom. The van der Waals surface area contributed by atoms with Gasteiger partial charge in [-0.15, -0.1) is 24.8 Å². The smallest absolute Gasteiger partial charge is 0.128 e. The fraction of sp³-hybridized carbons (Fsp3) is 0.136. The maximum Gasteiger partial charge on any atom is 0.128 e. The summed E-state index contributed by atoms with van der Waals surface area (Å²) in [7, 11) is 0. The van der Waals surface area contributed by atoms with Crippen molar-refractivity contribution in [1.29, 1.82) is 0 Å². The monoisotopic (exact) mass is 415 g/mol. The quantitative estimate of drug-likeness (QED) is 0.405. The van der Waals surface area contributed by atoms with E-state index in [1.807, 2.05) is 61.1 Å². The molecular weight excluding hydrogens is 393 g/mol. The summed E-state index contributed by atoms with van der Waals surface area (Å²) in [6, 6.07) is 20.6. The number of nitrogens with zero attached hydrogens (tertiary/aromatic N) is 1. The molecule has 0 radical (unpaired) electrons. The predicted molar refractivity (Wildman–Crippen MR) is 120 cm³/mol. The minimum absolute atomic E-state index is 0. The highest BCUT2D eigenvalue weighted by Gasteiger charge is 2.03. The van der Waals surface area contributed by atoms with Crippen molar-refractivity contribution in [3.8, 4) is 16.9 Å². The number of aromatic nitrogens is 2. The Balaban J connectivity index is 0.00000140. The lowest BCUT2D eigenvalue weighted by molar-refractivity contribution is 0.317. The molecule has 0 fully saturated rings. The Morgan fingerprint density at radius 1 is 0.893 bits per heavy atom. The summed E-state index contributed by atoms with van der Waals surface area (Å²) in [6.07, 6.45) is 5.74. The lowest BCUT2D eigenvalue weighted by Crippen LogP contribution is -2.20. The summed E-state index contributed by atoms with van der Waals surface area (Å²) in [5.41, 5.74) is 4.59. The molecule has 2 heterocycles. The first kappa shape index (κ1) is 21.8. The highest BCUT2D eigenvalue weighted by Crippen LogP contribution is 2.24. The van der Waals surface area contributed by atoms with Gasteiger partial charge in [0.25, 0.3) is 0 Å². The SMILES string of the molecule is Cl.Cl.c1ccc(-c2cncc(CNCCOc3cccc4[nH]ccc34)c2)cc1. The molecule has 0 aliphatic rings. The van der Waals surface area contributed by atoms with Gasteiger partial charge in [-0.25, -0.2) is 0 Å². The molecule has 28 heavy (non-hydrogen) atoms. The maximum atomic E-state index is 5.91. The molecule has 0 saturated heterocycles. The summed E-state index contributed by atoms with van der Waals surface area (Å²) in [5.74, 6) is 0.915. The zero-order valence-corrected chi connectivity index (χ0v) is 16.9. The number of halogens is 2. The number of hydrogen-bond donors (Lipinski definition) is 2. The van der Waals surface area contributed by atoms with Gasteiger partial charge in [0.2, 0.25) is 0 Å². The minimum atomic E-state index is 0. The van der Waals surface area contributed by atoms with Crippen LogP contribution in [-0.2, 0) is 6.54 Å². The third-order valence-electron chi connectivity index (χ3n) is 4.32. The number of fused-ring (bicyclic) bond motifs is 1. The number of aromatic amines is 1. The van der Waals surface area contributed by atoms with Gasteiger partial charge in [0.05, 0.1) is 0 Å². The van der Waals surface area contributed by atoms with E-state index >= 15 is 0 Å². The number of rotatable bonds is 7. The van der Waals surface area contributed by atoms with Gasteiger partial charge in [0, 0.05) is 48.1 Å². The first-order valence-corrected chi connectivity index (χ1v) is 8.79. The summed E-state index contributed by atoms with van der Waals surface area (Å²) in [4.78, 5) is 7.56. The van der Waals surface area contributed by atoms with Crippen molar-refractivity contribution in [2.24, 2.45) is 0 Å². The zero-order chi connectivity index (χ0) is 17.6. The van der Waals surface area contributed by atoms with E-state index in [4.69, 9.17) is 4.74 Å². The molecule has 2 aromatic heterocycles. The number of ether oxygens (including phenoxy) is 1. The van der Waals surface area contributed by atoms with Crippen molar-refractivity contribution in [2.75, 3.05) is 13.2 Å². The van der Waals surface area contributed by atoms with Crippen LogP contribution in [0.3, 0.4) is 0 Å². The van der Waals surface area contributed by atoms with E-state index in [0.717, 1.165) is 35.3 Å². The minimum Gasteiger partial charge on any atom is -0.492 e. The lowest BCUT2D eigenvalue weighted by Gasteiger charge is -2.09. The molecular formula is C22H23Cl2N3O. The standard InChI is InChI=1S/C22H21N3O.2ClH/c1-2-5-18(6-3-1)19-13-17(15-24-16-19)14-23-11-12-26-22-8-4-7-21-20(22)9-10-25-21;;/h1-10,13,15-16,23,25H,11-12,14H2;2*1H. The van der Waals surface area contributed by atoms with Gasteiger partial charge in [-0.05, 0) is 35.4 Å². The molecule has 0 aliphatic heterocycles. The van der Waals surface area contributed by atoms with E-state index in [9.17, 15) is 0 Å². The third-order valence-corrected chi connectivity index (χ3v) is 4.32. The average molecular weight is 416 g/mol. The molecule has 6 heteroatoms. The second kappa shape index (κ2) is 10.7. The second-order valence-corrected chi connectivity index (χ2v) is 6.17. The number of benzene rings is 2. The second-order valence-electron chi connectivity index (χ2n) is 6.17. The van der Waals surface area contributed by atoms with Crippen LogP contribution in [-0.4, -0.2) is 23.1 Å². The highest BCUT2D eigenvalue weighted by atomic mass is 35.5. The fourth-order valence-corrected chi connectivity index (χ4v) is 3.02. The third kappa shape index (κ3) is 5.26. The van der Waals surface area contributed by atoms with Crippen molar-refractivity contribution in [1.82, 2.24) is 15.3 Å². The van der Waals surface area contributed by atoms with Gasteiger partial charge >= 0.3 is 0 Å². The number of hydrogen-bond acceptors (Lipinski definition) is 3. The van der Waals surface area contributed by atoms with Crippen molar-refractivity contribution in [2.45, 2.75) is 6.54 Å². The predicted octanol–water partition coefficient (Wildman–Crippen LogP) is 5.24. The van der Waals surface area contributed by atoms with Crippen molar-refractivity contribution in [3.05, 3.63) is 84.8 Å². The Bertz CT molecular complexity index is 989. The van der Waals surface area contributed by atoms with Crippen molar-refractivity contribution >= 4 is 35.7 Å². The van der Waals surface area contributed by atoms with Crippen molar-refractivity contribution < 1.29 is 4.74 Å². The molecule has 2 aromatic carbocycles. The van der Waals surface area contributed by atoms with Crippen LogP contribution >= 0.6 is 24.8 Å². The molecule has 146 valence electrons. The van der Waals surface area contributed by atoms with E-state index in [1.165, 1.54) is 11.1 Å². The van der Waals surface area contributed by atoms with E-state index in [2.05, 4.69) is 33.5 Å². The molecule has 4 aromatic rings. The highest BCUT2D eigenvalue weighted by molar-refractivity contribution is 5.86. The van der Waals surface area contributed by atoms with E-state index < -0.39 is 0 Å². The summed E-state index contributed by atoms with van der Waals surface area (Å²) in [6.45, 7) is 2.16. The molecule has 4 rings (SSSR count). The lowest BCUT2D eigenvalue weighted by atomic mass is 10.1. The molecule has 4 nitrogen and oxygen atoms in total. The van der Waals surface area contributed by atoms with E-state index in [-0.39, 0.29) is 24.8 Å². The molecule has 0 saturated carbocycles. The van der Waals surface area contributed by atoms with Crippen LogP contribution in [0.2, 0.25) is 0 Å². The zero-order valence-electron chi connectivity index (χ0n) is 15.3. The largest absolute Gasteiger partial charge is 0.492 e. The molecule has 0 unspecified atom stereocenters. The van der Waals surface area contributed by atoms with Gasteiger partial charge < -0.3 is 15.0 Å². The van der Waals surface area contributed by atoms with Crippen LogP contribution in [0.25, 0.3) is 22.0 Å².